The van der Waals surface area contributed by atoms with Crippen LogP contribution in [-0.4, -0.2) is 11.7 Å². The lowest BCUT2D eigenvalue weighted by atomic mass is 9.95. The van der Waals surface area contributed by atoms with E-state index in [0.717, 1.165) is 6.42 Å². The molecule has 0 aromatic heterocycles. The van der Waals surface area contributed by atoms with Gasteiger partial charge in [0.2, 0.25) is 0 Å². The fourth-order valence-electron chi connectivity index (χ4n) is 1.43. The van der Waals surface area contributed by atoms with E-state index in [1.807, 2.05) is 6.07 Å². The quantitative estimate of drug-likeness (QED) is 0.848. The van der Waals surface area contributed by atoms with Gasteiger partial charge in [-0.3, -0.25) is 0 Å². The highest BCUT2D eigenvalue weighted by Crippen LogP contribution is 2.24. The summed E-state index contributed by atoms with van der Waals surface area (Å²) in [7, 11) is 0. The first-order chi connectivity index (χ1) is 6.20. The van der Waals surface area contributed by atoms with Gasteiger partial charge in [-0.25, -0.2) is 0 Å². The first-order valence-corrected chi connectivity index (χ1v) is 5.49. The summed E-state index contributed by atoms with van der Waals surface area (Å²) in [4.78, 5) is 0. The molecule has 0 saturated heterocycles. The lowest BCUT2D eigenvalue weighted by Crippen LogP contribution is -2.04. The zero-order valence-electron chi connectivity index (χ0n) is 7.76. The van der Waals surface area contributed by atoms with Crippen LogP contribution >= 0.6 is 22.6 Å². The molecule has 0 aliphatic rings. The van der Waals surface area contributed by atoms with Gasteiger partial charge in [-0.1, -0.05) is 19.1 Å². The molecule has 13 heavy (non-hydrogen) atoms. The molecule has 71 valence electrons. The predicted octanol–water partition coefficient (Wildman–Crippen LogP) is 2.76. The van der Waals surface area contributed by atoms with Gasteiger partial charge in [-0.05, 0) is 53.1 Å². The van der Waals surface area contributed by atoms with Crippen LogP contribution in [0, 0.1) is 10.5 Å². The summed E-state index contributed by atoms with van der Waals surface area (Å²) >= 11 is 2.33. The number of hydrogen-bond acceptors (Lipinski definition) is 1. The van der Waals surface area contributed by atoms with Crippen LogP contribution in [0.15, 0.2) is 18.2 Å². The Morgan fingerprint density at radius 3 is 2.77 bits per heavy atom. The van der Waals surface area contributed by atoms with Gasteiger partial charge in [-0.2, -0.15) is 0 Å². The monoisotopic (exact) mass is 289 g/mol. The molecule has 1 aromatic rings. The Kier molecular flexibility index (Phi) is 4.19. The molecule has 1 unspecified atom stereocenters. The molecule has 2 heteroatoms. The lowest BCUT2D eigenvalue weighted by Gasteiger charge is -2.14. The fraction of sp³-hybridized carbons (Fsp3) is 0.364. The Balaban J connectivity index is 3.12. The van der Waals surface area contributed by atoms with E-state index in [9.17, 15) is 0 Å². The molecule has 1 rings (SSSR count). The highest BCUT2D eigenvalue weighted by atomic mass is 127. The van der Waals surface area contributed by atoms with E-state index in [4.69, 9.17) is 5.11 Å². The number of halogens is 1. The van der Waals surface area contributed by atoms with Crippen LogP contribution in [0.25, 0.3) is 0 Å². The Morgan fingerprint density at radius 2 is 2.23 bits per heavy atom. The minimum atomic E-state index is 0.00432. The van der Waals surface area contributed by atoms with Crippen molar-refractivity contribution in [2.45, 2.75) is 19.3 Å². The predicted molar refractivity (Wildman–Crippen MR) is 63.7 cm³/mol. The minimum Gasteiger partial charge on any atom is -0.396 e. The molecule has 0 heterocycles. The summed E-state index contributed by atoms with van der Waals surface area (Å²) in [6.07, 6.45) is 1.00. The maximum Gasteiger partial charge on any atom is 0.0499 e. The topological polar surface area (TPSA) is 20.2 Å². The van der Waals surface area contributed by atoms with Crippen molar-refractivity contribution < 1.29 is 5.11 Å². The minimum absolute atomic E-state index is 0.00432. The molecule has 0 aliphatic heterocycles. The third-order valence-corrected chi connectivity index (χ3v) is 3.18. The van der Waals surface area contributed by atoms with Crippen LogP contribution in [-0.2, 0) is 6.42 Å². The van der Waals surface area contributed by atoms with Crippen LogP contribution in [0.1, 0.15) is 24.0 Å². The van der Waals surface area contributed by atoms with Gasteiger partial charge in [0, 0.05) is 16.1 Å². The van der Waals surface area contributed by atoms with E-state index >= 15 is 0 Å². The third-order valence-electron chi connectivity index (χ3n) is 2.17. The van der Waals surface area contributed by atoms with Crippen molar-refractivity contribution in [1.29, 1.82) is 0 Å². The van der Waals surface area contributed by atoms with Crippen LogP contribution in [0.5, 0.6) is 0 Å². The molecular formula is C11H14IO. The normalized spacial score (nSPS) is 12.9. The van der Waals surface area contributed by atoms with Gasteiger partial charge in [-0.15, -0.1) is 0 Å². The number of aliphatic hydroxyl groups excluding tert-OH is 1. The smallest absolute Gasteiger partial charge is 0.0499 e. The maximum atomic E-state index is 9.03. The molecule has 0 fully saturated rings. The first kappa shape index (κ1) is 11.0. The Bertz CT molecular complexity index is 283. The van der Waals surface area contributed by atoms with Crippen molar-refractivity contribution in [1.82, 2.24) is 0 Å². The van der Waals surface area contributed by atoms with Gasteiger partial charge in [0.25, 0.3) is 0 Å². The highest BCUT2D eigenvalue weighted by molar-refractivity contribution is 14.1. The second kappa shape index (κ2) is 4.96. The second-order valence-electron chi connectivity index (χ2n) is 3.04. The van der Waals surface area contributed by atoms with Gasteiger partial charge in [0.1, 0.15) is 0 Å². The molecule has 1 aromatic carbocycles. The molecule has 0 spiro atoms. The fourth-order valence-corrected chi connectivity index (χ4v) is 2.33. The van der Waals surface area contributed by atoms with Crippen molar-refractivity contribution >= 4 is 22.6 Å². The van der Waals surface area contributed by atoms with Crippen LogP contribution < -0.4 is 0 Å². The van der Waals surface area contributed by atoms with E-state index in [-0.39, 0.29) is 12.5 Å². The van der Waals surface area contributed by atoms with E-state index in [0.29, 0.717) is 0 Å². The van der Waals surface area contributed by atoms with Crippen molar-refractivity contribution in [3.05, 3.63) is 39.8 Å². The number of benzene rings is 1. The number of rotatable bonds is 3. The van der Waals surface area contributed by atoms with Crippen molar-refractivity contribution in [2.75, 3.05) is 6.61 Å². The molecule has 0 amide bonds. The summed E-state index contributed by atoms with van der Waals surface area (Å²) in [6.45, 7) is 6.17. The Hall–Kier alpha value is -0.0900. The summed E-state index contributed by atoms with van der Waals surface area (Å²) in [6, 6.07) is 6.16. The van der Waals surface area contributed by atoms with Gasteiger partial charge in [0.05, 0.1) is 0 Å². The van der Waals surface area contributed by atoms with Gasteiger partial charge < -0.3 is 5.11 Å². The molecule has 1 radical (unpaired) electrons. The summed E-state index contributed by atoms with van der Waals surface area (Å²) < 4.78 is 1.26. The van der Waals surface area contributed by atoms with Crippen LogP contribution in [0.3, 0.4) is 0 Å². The average molecular weight is 289 g/mol. The molecule has 1 atom stereocenters. The van der Waals surface area contributed by atoms with Crippen LogP contribution in [0.4, 0.5) is 0 Å². The van der Waals surface area contributed by atoms with E-state index < -0.39 is 0 Å². The molecule has 0 bridgehead atoms. The molecule has 0 aliphatic carbocycles. The largest absolute Gasteiger partial charge is 0.396 e. The SMILES string of the molecule is [CH2]C(CO)c1cccc(I)c1CC. The van der Waals surface area contributed by atoms with E-state index in [2.05, 4.69) is 48.6 Å². The Morgan fingerprint density at radius 1 is 1.54 bits per heavy atom. The Labute approximate surface area is 93.3 Å². The first-order valence-electron chi connectivity index (χ1n) is 4.42. The van der Waals surface area contributed by atoms with Crippen LogP contribution in [0.2, 0.25) is 0 Å². The summed E-state index contributed by atoms with van der Waals surface area (Å²) in [5.74, 6) is 0.00432. The number of aliphatic hydroxyl groups is 1. The van der Waals surface area contributed by atoms with Gasteiger partial charge in [0.15, 0.2) is 0 Å². The highest BCUT2D eigenvalue weighted by Gasteiger charge is 2.10. The molecular weight excluding hydrogens is 275 g/mol. The van der Waals surface area contributed by atoms with Crippen molar-refractivity contribution in [3.8, 4) is 0 Å². The molecule has 1 N–H and O–H groups in total. The summed E-state index contributed by atoms with van der Waals surface area (Å²) in [5, 5.41) is 9.03. The molecule has 0 saturated carbocycles. The van der Waals surface area contributed by atoms with Crippen molar-refractivity contribution in [3.63, 3.8) is 0 Å². The third kappa shape index (κ3) is 2.44. The maximum absolute atomic E-state index is 9.03. The lowest BCUT2D eigenvalue weighted by molar-refractivity contribution is 0.282. The summed E-state index contributed by atoms with van der Waals surface area (Å²) in [5.41, 5.74) is 2.49. The average Bonchev–Trinajstić information content (AvgIpc) is 2.16. The zero-order valence-corrected chi connectivity index (χ0v) is 9.91. The number of hydrogen-bond donors (Lipinski definition) is 1. The van der Waals surface area contributed by atoms with Crippen molar-refractivity contribution in [2.24, 2.45) is 0 Å². The second-order valence-corrected chi connectivity index (χ2v) is 4.20. The zero-order chi connectivity index (χ0) is 9.84. The molecule has 1 nitrogen and oxygen atoms in total. The standard InChI is InChI=1S/C11H14IO/c1-3-9-10(8(2)7-13)5-4-6-11(9)12/h4-6,8,13H,2-3,7H2,1H3. The van der Waals surface area contributed by atoms with E-state index in [1.54, 1.807) is 0 Å². The van der Waals surface area contributed by atoms with Gasteiger partial charge >= 0.3 is 0 Å². The van der Waals surface area contributed by atoms with E-state index in [1.165, 1.54) is 14.7 Å².